The van der Waals surface area contributed by atoms with Crippen molar-refractivity contribution in [1.29, 1.82) is 0 Å². The first-order valence-electron chi connectivity index (χ1n) is 9.55. The first-order chi connectivity index (χ1) is 13.6. The van der Waals surface area contributed by atoms with Gasteiger partial charge in [0.2, 0.25) is 0 Å². The van der Waals surface area contributed by atoms with Gasteiger partial charge in [-0.2, -0.15) is 0 Å². The molecule has 2 aromatic rings. The number of aldehydes is 1. The maximum atomic E-state index is 12.8. The molecular formula is C23H26N2O4. The van der Waals surface area contributed by atoms with Crippen molar-refractivity contribution < 1.29 is 19.1 Å². The number of benzene rings is 2. The fraction of sp³-hybridized carbons (Fsp3) is 0.348. The van der Waals surface area contributed by atoms with E-state index < -0.39 is 0 Å². The standard InChI is InChI=1S/C23H26N2O4/c1-15-10-18(11-16(2)21(15)29-23(3,4)5)12-25-20(27)13-24(22(25)28)19-8-6-17(14-26)7-9-19/h6-11,14H,12-13H2,1-5H3. The van der Waals surface area contributed by atoms with E-state index in [2.05, 4.69) is 0 Å². The topological polar surface area (TPSA) is 66.9 Å². The van der Waals surface area contributed by atoms with Crippen molar-refractivity contribution in [3.8, 4) is 5.75 Å². The monoisotopic (exact) mass is 394 g/mol. The molecule has 3 amide bonds. The van der Waals surface area contributed by atoms with Crippen LogP contribution in [0.1, 0.15) is 47.8 Å². The summed E-state index contributed by atoms with van der Waals surface area (Å²) in [7, 11) is 0. The summed E-state index contributed by atoms with van der Waals surface area (Å²) in [5.41, 5.74) is 3.62. The number of rotatable bonds is 5. The largest absolute Gasteiger partial charge is 0.488 e. The maximum absolute atomic E-state index is 12.8. The molecule has 0 unspecified atom stereocenters. The van der Waals surface area contributed by atoms with Gasteiger partial charge in [0.25, 0.3) is 5.91 Å². The summed E-state index contributed by atoms with van der Waals surface area (Å²) in [6.45, 7) is 10.1. The lowest BCUT2D eigenvalue weighted by molar-refractivity contribution is -0.125. The van der Waals surface area contributed by atoms with Gasteiger partial charge in [-0.15, -0.1) is 0 Å². The molecule has 1 aliphatic heterocycles. The number of imide groups is 1. The highest BCUT2D eigenvalue weighted by atomic mass is 16.5. The molecule has 1 saturated heterocycles. The second kappa shape index (κ2) is 7.70. The number of hydrogen-bond acceptors (Lipinski definition) is 4. The number of nitrogens with zero attached hydrogens (tertiary/aromatic N) is 2. The highest BCUT2D eigenvalue weighted by molar-refractivity contribution is 6.12. The number of amides is 3. The van der Waals surface area contributed by atoms with Crippen LogP contribution in [0.15, 0.2) is 36.4 Å². The summed E-state index contributed by atoms with van der Waals surface area (Å²) in [6, 6.07) is 10.1. The summed E-state index contributed by atoms with van der Waals surface area (Å²) in [6.07, 6.45) is 0.741. The molecule has 0 spiro atoms. The van der Waals surface area contributed by atoms with E-state index in [0.717, 1.165) is 28.7 Å². The summed E-state index contributed by atoms with van der Waals surface area (Å²) >= 11 is 0. The van der Waals surface area contributed by atoms with Crippen molar-refractivity contribution in [3.63, 3.8) is 0 Å². The molecular weight excluding hydrogens is 368 g/mol. The fourth-order valence-corrected chi connectivity index (χ4v) is 3.41. The van der Waals surface area contributed by atoms with Crippen LogP contribution < -0.4 is 9.64 Å². The van der Waals surface area contributed by atoms with E-state index in [0.29, 0.717) is 11.3 Å². The van der Waals surface area contributed by atoms with Gasteiger partial charge >= 0.3 is 6.03 Å². The molecule has 0 aliphatic carbocycles. The number of ether oxygens (including phenoxy) is 1. The average molecular weight is 394 g/mol. The van der Waals surface area contributed by atoms with E-state index >= 15 is 0 Å². The predicted octanol–water partition coefficient (Wildman–Crippen LogP) is 4.26. The summed E-state index contributed by atoms with van der Waals surface area (Å²) in [5.74, 6) is 0.581. The Bertz CT molecular complexity index is 935. The SMILES string of the molecule is Cc1cc(CN2C(=O)CN(c3ccc(C=O)cc3)C2=O)cc(C)c1OC(C)(C)C. The van der Waals surface area contributed by atoms with E-state index in [1.165, 1.54) is 9.80 Å². The van der Waals surface area contributed by atoms with Gasteiger partial charge in [-0.25, -0.2) is 4.79 Å². The van der Waals surface area contributed by atoms with Crippen LogP contribution in [-0.2, 0) is 11.3 Å². The number of hydrogen-bond donors (Lipinski definition) is 0. The van der Waals surface area contributed by atoms with Gasteiger partial charge in [0, 0.05) is 11.3 Å². The molecule has 0 radical (unpaired) electrons. The summed E-state index contributed by atoms with van der Waals surface area (Å²) < 4.78 is 6.04. The molecule has 3 rings (SSSR count). The number of aryl methyl sites for hydroxylation is 2. The second-order valence-electron chi connectivity index (χ2n) is 8.33. The van der Waals surface area contributed by atoms with E-state index in [9.17, 15) is 14.4 Å². The van der Waals surface area contributed by atoms with Gasteiger partial charge in [-0.3, -0.25) is 19.4 Å². The first kappa shape index (κ1) is 20.6. The molecule has 0 N–H and O–H groups in total. The molecule has 6 nitrogen and oxygen atoms in total. The van der Waals surface area contributed by atoms with Crippen LogP contribution in [0.3, 0.4) is 0 Å². The Morgan fingerprint density at radius 3 is 2.14 bits per heavy atom. The number of carbonyl (C=O) groups excluding carboxylic acids is 3. The number of anilines is 1. The minimum Gasteiger partial charge on any atom is -0.488 e. The molecule has 0 atom stereocenters. The van der Waals surface area contributed by atoms with Crippen LogP contribution in [-0.4, -0.2) is 35.3 Å². The van der Waals surface area contributed by atoms with E-state index in [1.807, 2.05) is 46.8 Å². The minimum absolute atomic E-state index is 0.0115. The molecule has 0 aromatic heterocycles. The maximum Gasteiger partial charge on any atom is 0.332 e. The third-order valence-corrected chi connectivity index (χ3v) is 4.67. The van der Waals surface area contributed by atoms with Crippen molar-refractivity contribution in [1.82, 2.24) is 4.90 Å². The van der Waals surface area contributed by atoms with E-state index in [-0.39, 0.29) is 30.6 Å². The minimum atomic E-state index is -0.362. The molecule has 0 saturated carbocycles. The van der Waals surface area contributed by atoms with Crippen molar-refractivity contribution in [3.05, 3.63) is 58.7 Å². The Labute approximate surface area is 171 Å². The van der Waals surface area contributed by atoms with Crippen molar-refractivity contribution in [2.75, 3.05) is 11.4 Å². The normalized spacial score (nSPS) is 14.5. The fourth-order valence-electron chi connectivity index (χ4n) is 3.41. The Morgan fingerprint density at radius 2 is 1.62 bits per heavy atom. The molecule has 29 heavy (non-hydrogen) atoms. The van der Waals surface area contributed by atoms with Crippen molar-refractivity contribution in [2.24, 2.45) is 0 Å². The molecule has 1 aliphatic rings. The zero-order chi connectivity index (χ0) is 21.3. The lowest BCUT2D eigenvalue weighted by Gasteiger charge is -2.25. The Kier molecular flexibility index (Phi) is 5.46. The molecule has 6 heteroatoms. The summed E-state index contributed by atoms with van der Waals surface area (Å²) in [5, 5.41) is 0. The smallest absolute Gasteiger partial charge is 0.332 e. The molecule has 1 heterocycles. The van der Waals surface area contributed by atoms with Crippen molar-refractivity contribution in [2.45, 2.75) is 46.8 Å². The second-order valence-corrected chi connectivity index (χ2v) is 8.33. The molecule has 0 bridgehead atoms. The molecule has 2 aromatic carbocycles. The van der Waals surface area contributed by atoms with Crippen LogP contribution in [0, 0.1) is 13.8 Å². The lowest BCUT2D eigenvalue weighted by atomic mass is 10.0. The van der Waals surface area contributed by atoms with Crippen LogP contribution in [0.25, 0.3) is 0 Å². The van der Waals surface area contributed by atoms with Gasteiger partial charge in [0.15, 0.2) is 0 Å². The van der Waals surface area contributed by atoms with Crippen LogP contribution in [0.4, 0.5) is 10.5 Å². The highest BCUT2D eigenvalue weighted by Gasteiger charge is 2.37. The Hall–Kier alpha value is -3.15. The predicted molar refractivity (Wildman–Crippen MR) is 111 cm³/mol. The van der Waals surface area contributed by atoms with E-state index in [1.54, 1.807) is 24.3 Å². The summed E-state index contributed by atoms with van der Waals surface area (Å²) in [4.78, 5) is 38.8. The molecule has 1 fully saturated rings. The third-order valence-electron chi connectivity index (χ3n) is 4.67. The highest BCUT2D eigenvalue weighted by Crippen LogP contribution is 2.30. The zero-order valence-corrected chi connectivity index (χ0v) is 17.5. The van der Waals surface area contributed by atoms with Gasteiger partial charge in [-0.1, -0.05) is 12.1 Å². The van der Waals surface area contributed by atoms with Gasteiger partial charge in [0.05, 0.1) is 6.54 Å². The van der Waals surface area contributed by atoms with E-state index in [4.69, 9.17) is 4.74 Å². The Morgan fingerprint density at radius 1 is 1.03 bits per heavy atom. The van der Waals surface area contributed by atoms with Crippen molar-refractivity contribution >= 4 is 23.9 Å². The number of carbonyl (C=O) groups is 3. The Balaban J connectivity index is 1.80. The third kappa shape index (κ3) is 4.47. The number of urea groups is 1. The van der Waals surface area contributed by atoms with Crippen LogP contribution >= 0.6 is 0 Å². The first-order valence-corrected chi connectivity index (χ1v) is 9.55. The lowest BCUT2D eigenvalue weighted by Crippen LogP contribution is -2.32. The van der Waals surface area contributed by atoms with Gasteiger partial charge in [0.1, 0.15) is 24.2 Å². The van der Waals surface area contributed by atoms with Gasteiger partial charge in [-0.05, 0) is 75.6 Å². The molecule has 152 valence electrons. The van der Waals surface area contributed by atoms with Crippen LogP contribution in [0.2, 0.25) is 0 Å². The zero-order valence-electron chi connectivity index (χ0n) is 17.5. The quantitative estimate of drug-likeness (QED) is 0.561. The average Bonchev–Trinajstić information content (AvgIpc) is 2.92. The van der Waals surface area contributed by atoms with Crippen LogP contribution in [0.5, 0.6) is 5.75 Å². The van der Waals surface area contributed by atoms with Gasteiger partial charge < -0.3 is 4.74 Å².